The van der Waals surface area contributed by atoms with Gasteiger partial charge in [0, 0.05) is 19.3 Å². The largest absolute Gasteiger partial charge is 0.505 e. The van der Waals surface area contributed by atoms with Gasteiger partial charge >= 0.3 is 0 Å². The number of pyridine rings is 1. The molecule has 0 aromatic carbocycles. The standard InChI is InChI=1S/C23H26N4O4/c1-13-7-6-10-26-18(15(3)24-22(13)26)20(28)17-19(16-9-8-14(2)31-16)27(12-11-25(4)5)23(30)21(17)29/h6-10,19,28H,11-12H2,1-5H3/t19-/m0/s1. The highest BCUT2D eigenvalue weighted by Gasteiger charge is 2.47. The van der Waals surface area contributed by atoms with E-state index in [-0.39, 0.29) is 11.3 Å². The third kappa shape index (κ3) is 3.42. The van der Waals surface area contributed by atoms with E-state index >= 15 is 0 Å². The summed E-state index contributed by atoms with van der Waals surface area (Å²) in [5.74, 6) is -0.516. The molecule has 0 aliphatic carbocycles. The molecule has 0 radical (unpaired) electrons. The fraction of sp³-hybridized carbons (Fsp3) is 0.348. The Bertz CT molecular complexity index is 1220. The van der Waals surface area contributed by atoms with Gasteiger partial charge in [-0.05, 0) is 58.6 Å². The van der Waals surface area contributed by atoms with Crippen molar-refractivity contribution in [3.63, 3.8) is 0 Å². The molecule has 1 aliphatic rings. The van der Waals surface area contributed by atoms with Crippen LogP contribution in [0.3, 0.4) is 0 Å². The van der Waals surface area contributed by atoms with Gasteiger partial charge in [0.2, 0.25) is 0 Å². The molecule has 162 valence electrons. The summed E-state index contributed by atoms with van der Waals surface area (Å²) in [4.78, 5) is 34.0. The number of rotatable bonds is 5. The topological polar surface area (TPSA) is 91.3 Å². The Balaban J connectivity index is 1.93. The number of aromatic nitrogens is 2. The number of ketones is 1. The smallest absolute Gasteiger partial charge is 0.295 e. The Morgan fingerprint density at radius 1 is 1.19 bits per heavy atom. The molecule has 1 amide bonds. The molecule has 1 aliphatic heterocycles. The van der Waals surface area contributed by atoms with E-state index in [1.54, 1.807) is 36.6 Å². The summed E-state index contributed by atoms with van der Waals surface area (Å²) in [5.41, 5.74) is 2.62. The van der Waals surface area contributed by atoms with Crippen LogP contribution in [-0.4, -0.2) is 63.2 Å². The van der Waals surface area contributed by atoms with Gasteiger partial charge in [-0.1, -0.05) is 6.07 Å². The number of hydrogen-bond donors (Lipinski definition) is 1. The minimum atomic E-state index is -0.802. The molecule has 3 aromatic heterocycles. The monoisotopic (exact) mass is 422 g/mol. The zero-order valence-corrected chi connectivity index (χ0v) is 18.3. The number of carbonyl (C=O) groups excluding carboxylic acids is 2. The molecule has 0 bridgehead atoms. The lowest BCUT2D eigenvalue weighted by atomic mass is 10.0. The van der Waals surface area contributed by atoms with E-state index in [0.717, 1.165) is 5.56 Å². The average molecular weight is 422 g/mol. The molecular weight excluding hydrogens is 396 g/mol. The third-order valence-electron chi connectivity index (χ3n) is 5.60. The zero-order valence-electron chi connectivity index (χ0n) is 18.3. The van der Waals surface area contributed by atoms with Crippen LogP contribution in [-0.2, 0) is 9.59 Å². The van der Waals surface area contributed by atoms with Gasteiger partial charge in [0.1, 0.15) is 28.9 Å². The van der Waals surface area contributed by atoms with Gasteiger partial charge in [0.25, 0.3) is 11.7 Å². The summed E-state index contributed by atoms with van der Waals surface area (Å²) in [5, 5.41) is 11.4. The molecule has 8 nitrogen and oxygen atoms in total. The number of furan rings is 1. The Kier molecular flexibility index (Phi) is 5.18. The van der Waals surface area contributed by atoms with Crippen molar-refractivity contribution in [2.75, 3.05) is 27.2 Å². The molecule has 0 spiro atoms. The first-order chi connectivity index (χ1) is 14.7. The number of aliphatic hydroxyl groups excluding tert-OH is 1. The van der Waals surface area contributed by atoms with E-state index < -0.39 is 17.7 Å². The first-order valence-corrected chi connectivity index (χ1v) is 10.1. The number of imidazole rings is 1. The molecule has 0 saturated carbocycles. The Morgan fingerprint density at radius 3 is 2.58 bits per heavy atom. The second-order valence-corrected chi connectivity index (χ2v) is 8.17. The highest BCUT2D eigenvalue weighted by Crippen LogP contribution is 2.40. The van der Waals surface area contributed by atoms with E-state index in [9.17, 15) is 14.7 Å². The number of aryl methyl sites for hydroxylation is 3. The van der Waals surface area contributed by atoms with Crippen molar-refractivity contribution in [1.82, 2.24) is 19.2 Å². The Labute approximate surface area is 180 Å². The SMILES string of the molecule is Cc1ccc([C@H]2C(=C(O)c3c(C)nc4c(C)cccn34)C(=O)C(=O)N2CCN(C)C)o1. The number of carbonyl (C=O) groups is 2. The molecule has 1 fully saturated rings. The van der Waals surface area contributed by atoms with Crippen molar-refractivity contribution in [2.45, 2.75) is 26.8 Å². The first-order valence-electron chi connectivity index (χ1n) is 10.1. The number of hydrogen-bond acceptors (Lipinski definition) is 6. The van der Waals surface area contributed by atoms with Crippen LogP contribution in [0.15, 0.2) is 40.5 Å². The van der Waals surface area contributed by atoms with Crippen molar-refractivity contribution < 1.29 is 19.1 Å². The number of aliphatic hydroxyl groups is 1. The van der Waals surface area contributed by atoms with E-state index in [1.165, 1.54) is 4.90 Å². The van der Waals surface area contributed by atoms with Crippen LogP contribution in [0.5, 0.6) is 0 Å². The minimum Gasteiger partial charge on any atom is -0.505 e. The molecule has 1 saturated heterocycles. The number of likely N-dealkylation sites (tertiary alicyclic amines) is 1. The Morgan fingerprint density at radius 2 is 1.94 bits per heavy atom. The summed E-state index contributed by atoms with van der Waals surface area (Å²) >= 11 is 0. The van der Waals surface area contributed by atoms with Gasteiger partial charge in [-0.15, -0.1) is 0 Å². The molecule has 4 heterocycles. The molecule has 1 N–H and O–H groups in total. The van der Waals surface area contributed by atoms with Gasteiger partial charge in [-0.3, -0.25) is 14.0 Å². The van der Waals surface area contributed by atoms with Gasteiger partial charge in [0.15, 0.2) is 5.76 Å². The summed E-state index contributed by atoms with van der Waals surface area (Å²) in [7, 11) is 3.79. The van der Waals surface area contributed by atoms with E-state index in [0.29, 0.717) is 41.6 Å². The van der Waals surface area contributed by atoms with Crippen molar-refractivity contribution >= 4 is 23.1 Å². The quantitative estimate of drug-likeness (QED) is 0.386. The summed E-state index contributed by atoms with van der Waals surface area (Å²) in [6.45, 7) is 6.39. The van der Waals surface area contributed by atoms with Crippen LogP contribution in [0.2, 0.25) is 0 Å². The average Bonchev–Trinajstić information content (AvgIpc) is 3.35. The number of nitrogens with zero attached hydrogens (tertiary/aromatic N) is 4. The number of likely N-dealkylation sites (N-methyl/N-ethyl adjacent to an activating group) is 1. The van der Waals surface area contributed by atoms with Crippen LogP contribution in [0.4, 0.5) is 0 Å². The van der Waals surface area contributed by atoms with Crippen LogP contribution in [0, 0.1) is 20.8 Å². The van der Waals surface area contributed by atoms with Crippen LogP contribution in [0.1, 0.15) is 34.5 Å². The normalized spacial score (nSPS) is 18.6. The molecular formula is C23H26N4O4. The summed E-state index contributed by atoms with van der Waals surface area (Å²) in [6, 6.07) is 6.50. The van der Waals surface area contributed by atoms with Crippen LogP contribution in [0.25, 0.3) is 11.4 Å². The number of amides is 1. The zero-order chi connectivity index (χ0) is 22.4. The van der Waals surface area contributed by atoms with Gasteiger partial charge in [0.05, 0.1) is 11.3 Å². The molecule has 31 heavy (non-hydrogen) atoms. The predicted molar refractivity (Wildman–Crippen MR) is 116 cm³/mol. The molecule has 0 unspecified atom stereocenters. The second-order valence-electron chi connectivity index (χ2n) is 8.17. The minimum absolute atomic E-state index is 0.0181. The van der Waals surface area contributed by atoms with E-state index in [1.807, 2.05) is 38.1 Å². The highest BCUT2D eigenvalue weighted by atomic mass is 16.3. The second kappa shape index (κ2) is 7.70. The maximum Gasteiger partial charge on any atom is 0.295 e. The van der Waals surface area contributed by atoms with E-state index in [2.05, 4.69) is 4.98 Å². The first kappa shape index (κ1) is 20.9. The lowest BCUT2D eigenvalue weighted by molar-refractivity contribution is -0.140. The maximum absolute atomic E-state index is 13.1. The van der Waals surface area contributed by atoms with Crippen molar-refractivity contribution in [2.24, 2.45) is 0 Å². The van der Waals surface area contributed by atoms with Crippen molar-refractivity contribution in [3.05, 3.63) is 64.5 Å². The predicted octanol–water partition coefficient (Wildman–Crippen LogP) is 2.84. The van der Waals surface area contributed by atoms with Crippen molar-refractivity contribution in [3.8, 4) is 0 Å². The van der Waals surface area contributed by atoms with Gasteiger partial charge in [-0.2, -0.15) is 0 Å². The van der Waals surface area contributed by atoms with Gasteiger partial charge < -0.3 is 19.3 Å². The number of Topliss-reactive ketones (excluding diaryl/α,β-unsaturated/α-hetero) is 1. The lowest BCUT2D eigenvalue weighted by Crippen LogP contribution is -2.35. The summed E-state index contributed by atoms with van der Waals surface area (Å²) in [6.07, 6.45) is 1.78. The summed E-state index contributed by atoms with van der Waals surface area (Å²) < 4.78 is 7.56. The van der Waals surface area contributed by atoms with Gasteiger partial charge in [-0.25, -0.2) is 4.98 Å². The Hall–Kier alpha value is -3.39. The van der Waals surface area contributed by atoms with E-state index in [4.69, 9.17) is 4.42 Å². The van der Waals surface area contributed by atoms with Crippen molar-refractivity contribution in [1.29, 1.82) is 0 Å². The lowest BCUT2D eigenvalue weighted by Gasteiger charge is -2.24. The number of fused-ring (bicyclic) bond motifs is 1. The van der Waals surface area contributed by atoms with Crippen LogP contribution < -0.4 is 0 Å². The molecule has 8 heteroatoms. The molecule has 3 aromatic rings. The molecule has 4 rings (SSSR count). The fourth-order valence-corrected chi connectivity index (χ4v) is 4.04. The highest BCUT2D eigenvalue weighted by molar-refractivity contribution is 6.46. The molecule has 1 atom stereocenters. The third-order valence-corrected chi connectivity index (χ3v) is 5.60. The maximum atomic E-state index is 13.1. The fourth-order valence-electron chi connectivity index (χ4n) is 4.04. The van der Waals surface area contributed by atoms with Crippen LogP contribution >= 0.6 is 0 Å².